The summed E-state index contributed by atoms with van der Waals surface area (Å²) in [5.74, 6) is 2.40. The van der Waals surface area contributed by atoms with E-state index in [-0.39, 0.29) is 41.6 Å². The van der Waals surface area contributed by atoms with Crippen LogP contribution >= 0.6 is 12.4 Å². The predicted octanol–water partition coefficient (Wildman–Crippen LogP) is 2.57. The minimum atomic E-state index is -0.179. The fourth-order valence-electron chi connectivity index (χ4n) is 3.84. The summed E-state index contributed by atoms with van der Waals surface area (Å²) in [5.41, 5.74) is 0.255. The number of nitrogens with zero attached hydrogens (tertiary/aromatic N) is 2. The maximum atomic E-state index is 12.7. The molecule has 24 heavy (non-hydrogen) atoms. The second-order valence-corrected chi connectivity index (χ2v) is 7.86. The largest absolute Gasteiger partial charge is 0.344 e. The second kappa shape index (κ2) is 6.64. The topological polar surface area (TPSA) is 80.0 Å². The van der Waals surface area contributed by atoms with Crippen LogP contribution in [-0.2, 0) is 4.79 Å². The van der Waals surface area contributed by atoms with Crippen LogP contribution < -0.4 is 10.6 Å². The summed E-state index contributed by atoms with van der Waals surface area (Å²) in [4.78, 5) is 17.2. The van der Waals surface area contributed by atoms with Gasteiger partial charge >= 0.3 is 0 Å². The molecule has 134 valence electrons. The summed E-state index contributed by atoms with van der Waals surface area (Å²) in [6, 6.07) is -0.179. The molecule has 2 N–H and O–H groups in total. The molecular weight excluding hydrogens is 328 g/mol. The van der Waals surface area contributed by atoms with E-state index >= 15 is 0 Å². The first-order valence-electron chi connectivity index (χ1n) is 8.94. The van der Waals surface area contributed by atoms with Crippen molar-refractivity contribution < 1.29 is 9.32 Å². The van der Waals surface area contributed by atoms with E-state index in [2.05, 4.69) is 34.6 Å². The van der Waals surface area contributed by atoms with Crippen LogP contribution in [0.2, 0.25) is 0 Å². The number of nitrogens with one attached hydrogen (secondary N) is 2. The van der Waals surface area contributed by atoms with Crippen LogP contribution in [0.25, 0.3) is 0 Å². The van der Waals surface area contributed by atoms with Gasteiger partial charge in [0.15, 0.2) is 5.82 Å². The van der Waals surface area contributed by atoms with Gasteiger partial charge in [-0.15, -0.1) is 12.4 Å². The average molecular weight is 355 g/mol. The number of hydrogen-bond acceptors (Lipinski definition) is 5. The first-order valence-corrected chi connectivity index (χ1v) is 8.94. The molecule has 0 radical (unpaired) electrons. The number of carbonyl (C=O) groups excluding carboxylic acids is 1. The lowest BCUT2D eigenvalue weighted by atomic mass is 9.91. The van der Waals surface area contributed by atoms with Crippen LogP contribution in [0.3, 0.4) is 0 Å². The van der Waals surface area contributed by atoms with E-state index in [9.17, 15) is 4.79 Å². The Morgan fingerprint density at radius 3 is 2.67 bits per heavy atom. The van der Waals surface area contributed by atoms with Crippen molar-refractivity contribution in [2.75, 3.05) is 13.1 Å². The van der Waals surface area contributed by atoms with Gasteiger partial charge in [0.2, 0.25) is 11.8 Å². The standard InChI is InChI=1S/C17H26N4O2.ClH/c1-10(2)13(16-20-14(21-23-16)11-3-4-11)19-15(22)12-9-17(12)5-7-18-8-6-17;/h10-13,18H,3-9H2,1-2H3,(H,19,22);1H. The number of halogens is 1. The molecule has 1 saturated heterocycles. The number of rotatable bonds is 5. The van der Waals surface area contributed by atoms with Gasteiger partial charge in [0.05, 0.1) is 0 Å². The van der Waals surface area contributed by atoms with E-state index in [1.807, 2.05) is 0 Å². The summed E-state index contributed by atoms with van der Waals surface area (Å²) in [6.07, 6.45) is 5.56. The first-order chi connectivity index (χ1) is 11.1. The molecule has 6 nitrogen and oxygen atoms in total. The Bertz CT molecular complexity index is 593. The molecule has 3 fully saturated rings. The van der Waals surface area contributed by atoms with Gasteiger partial charge < -0.3 is 15.2 Å². The predicted molar refractivity (Wildman–Crippen MR) is 91.9 cm³/mol. The maximum absolute atomic E-state index is 12.7. The minimum Gasteiger partial charge on any atom is -0.344 e. The fourth-order valence-corrected chi connectivity index (χ4v) is 3.84. The molecule has 2 saturated carbocycles. The molecule has 1 aromatic rings. The van der Waals surface area contributed by atoms with Gasteiger partial charge in [0.25, 0.3) is 0 Å². The third-order valence-corrected chi connectivity index (χ3v) is 5.74. The third-order valence-electron chi connectivity index (χ3n) is 5.74. The normalized spacial score (nSPS) is 26.0. The van der Waals surface area contributed by atoms with Crippen LogP contribution in [0, 0.1) is 17.3 Å². The molecule has 1 spiro atoms. The van der Waals surface area contributed by atoms with Crippen molar-refractivity contribution in [3.05, 3.63) is 11.7 Å². The Kier molecular flexibility index (Phi) is 4.89. The Labute approximate surface area is 148 Å². The highest BCUT2D eigenvalue weighted by molar-refractivity contribution is 5.85. The van der Waals surface area contributed by atoms with Crippen molar-refractivity contribution in [1.82, 2.24) is 20.8 Å². The third kappa shape index (κ3) is 3.31. The van der Waals surface area contributed by atoms with Gasteiger partial charge in [0, 0.05) is 11.8 Å². The highest BCUT2D eigenvalue weighted by atomic mass is 35.5. The lowest BCUT2D eigenvalue weighted by Crippen LogP contribution is -2.36. The maximum Gasteiger partial charge on any atom is 0.249 e. The molecule has 1 amide bonds. The summed E-state index contributed by atoms with van der Waals surface area (Å²) in [5, 5.41) is 10.6. The van der Waals surface area contributed by atoms with Crippen LogP contribution in [-0.4, -0.2) is 29.1 Å². The molecule has 2 unspecified atom stereocenters. The average Bonchev–Trinajstić information content (AvgIpc) is 3.45. The summed E-state index contributed by atoms with van der Waals surface area (Å²) >= 11 is 0. The Balaban J connectivity index is 0.00000169. The van der Waals surface area contributed by atoms with Crippen LogP contribution in [0.15, 0.2) is 4.52 Å². The Hall–Kier alpha value is -1.14. The van der Waals surface area contributed by atoms with Crippen molar-refractivity contribution in [3.8, 4) is 0 Å². The molecule has 2 heterocycles. The summed E-state index contributed by atoms with van der Waals surface area (Å²) < 4.78 is 5.44. The van der Waals surface area contributed by atoms with E-state index in [1.165, 1.54) is 0 Å². The van der Waals surface area contributed by atoms with Gasteiger partial charge in [-0.25, -0.2) is 0 Å². The van der Waals surface area contributed by atoms with Gasteiger partial charge in [-0.3, -0.25) is 4.79 Å². The molecule has 4 rings (SSSR count). The zero-order valence-electron chi connectivity index (χ0n) is 14.4. The van der Waals surface area contributed by atoms with Gasteiger partial charge in [-0.05, 0) is 56.5 Å². The molecule has 0 aromatic carbocycles. The number of piperidine rings is 1. The molecule has 1 aromatic heterocycles. The van der Waals surface area contributed by atoms with Crippen molar-refractivity contribution in [2.45, 2.75) is 57.9 Å². The molecular formula is C17H27ClN4O2. The van der Waals surface area contributed by atoms with Crippen molar-refractivity contribution in [3.63, 3.8) is 0 Å². The molecule has 3 aliphatic rings. The molecule has 0 bridgehead atoms. The Morgan fingerprint density at radius 1 is 1.33 bits per heavy atom. The van der Waals surface area contributed by atoms with Gasteiger partial charge in [-0.1, -0.05) is 19.0 Å². The van der Waals surface area contributed by atoms with E-state index in [4.69, 9.17) is 4.52 Å². The fraction of sp³-hybridized carbons (Fsp3) is 0.824. The summed E-state index contributed by atoms with van der Waals surface area (Å²) in [7, 11) is 0. The number of amides is 1. The SMILES string of the molecule is CC(C)C(NC(=O)C1CC12CCNCC2)c1nc(C2CC2)no1.Cl. The zero-order chi connectivity index (χ0) is 16.0. The monoisotopic (exact) mass is 354 g/mol. The van der Waals surface area contributed by atoms with Gasteiger partial charge in [-0.2, -0.15) is 4.98 Å². The first kappa shape index (κ1) is 17.7. The highest BCUT2D eigenvalue weighted by Crippen LogP contribution is 2.58. The smallest absolute Gasteiger partial charge is 0.249 e. The minimum absolute atomic E-state index is 0. The molecule has 2 atom stereocenters. The van der Waals surface area contributed by atoms with E-state index in [0.29, 0.717) is 11.8 Å². The lowest BCUT2D eigenvalue weighted by molar-refractivity contribution is -0.124. The number of hydrogen-bond donors (Lipinski definition) is 2. The quantitative estimate of drug-likeness (QED) is 0.849. The second-order valence-electron chi connectivity index (χ2n) is 7.86. The Morgan fingerprint density at radius 2 is 2.04 bits per heavy atom. The lowest BCUT2D eigenvalue weighted by Gasteiger charge is -2.24. The van der Waals surface area contributed by atoms with E-state index in [1.54, 1.807) is 0 Å². The van der Waals surface area contributed by atoms with Gasteiger partial charge in [0.1, 0.15) is 6.04 Å². The number of carbonyl (C=O) groups is 1. The number of aromatic nitrogens is 2. The van der Waals surface area contributed by atoms with Crippen LogP contribution in [0.5, 0.6) is 0 Å². The van der Waals surface area contributed by atoms with Crippen molar-refractivity contribution >= 4 is 18.3 Å². The van der Waals surface area contributed by atoms with Crippen molar-refractivity contribution in [1.29, 1.82) is 0 Å². The zero-order valence-corrected chi connectivity index (χ0v) is 15.2. The molecule has 2 aliphatic carbocycles. The molecule has 7 heteroatoms. The van der Waals surface area contributed by atoms with E-state index < -0.39 is 0 Å². The van der Waals surface area contributed by atoms with E-state index in [0.717, 1.165) is 51.0 Å². The van der Waals surface area contributed by atoms with Crippen molar-refractivity contribution in [2.24, 2.45) is 17.3 Å². The molecule has 1 aliphatic heterocycles. The van der Waals surface area contributed by atoms with Crippen LogP contribution in [0.4, 0.5) is 0 Å². The summed E-state index contributed by atoms with van der Waals surface area (Å²) in [6.45, 7) is 6.23. The van der Waals surface area contributed by atoms with Crippen LogP contribution in [0.1, 0.15) is 69.6 Å². The highest BCUT2D eigenvalue weighted by Gasteiger charge is 2.58.